The lowest BCUT2D eigenvalue weighted by Crippen LogP contribution is -2.51. The second-order valence-corrected chi connectivity index (χ2v) is 5.57. The van der Waals surface area contributed by atoms with Gasteiger partial charge in [-0.05, 0) is 28.1 Å². The smallest absolute Gasteiger partial charge is 0.134 e. The Balaban J connectivity index is 2.01. The molecule has 3 atom stereocenters. The number of rotatable bonds is 3. The number of hydrogen-bond acceptors (Lipinski definition) is 2. The molecule has 2 rings (SSSR count). The normalized spacial score (nSPS) is 29.7. The second kappa shape index (κ2) is 4.85. The molecule has 15 heavy (non-hydrogen) atoms. The summed E-state index contributed by atoms with van der Waals surface area (Å²) in [6.45, 7) is 0. The zero-order valence-corrected chi connectivity index (χ0v) is 11.5. The molecule has 1 aliphatic rings. The van der Waals surface area contributed by atoms with Gasteiger partial charge in [-0.3, -0.25) is 0 Å². The van der Waals surface area contributed by atoms with E-state index < -0.39 is 0 Å². The molecule has 1 aromatic carbocycles. The van der Waals surface area contributed by atoms with E-state index in [2.05, 4.69) is 31.9 Å². The summed E-state index contributed by atoms with van der Waals surface area (Å²) in [6, 6.07) is 7.87. The Morgan fingerprint density at radius 2 is 2.07 bits per heavy atom. The summed E-state index contributed by atoms with van der Waals surface area (Å²) < 4.78 is 12.2. The second-order valence-electron chi connectivity index (χ2n) is 3.54. The van der Waals surface area contributed by atoms with Crippen LogP contribution < -0.4 is 4.74 Å². The van der Waals surface area contributed by atoms with Crippen molar-refractivity contribution in [2.45, 2.75) is 23.5 Å². The molecule has 0 heterocycles. The van der Waals surface area contributed by atoms with E-state index in [-0.39, 0.29) is 12.2 Å². The molecule has 0 aromatic heterocycles. The monoisotopic (exact) mass is 334 g/mol. The van der Waals surface area contributed by atoms with Crippen LogP contribution in [0.3, 0.4) is 0 Å². The highest BCUT2D eigenvalue weighted by atomic mass is 79.9. The van der Waals surface area contributed by atoms with Gasteiger partial charge in [-0.15, -0.1) is 0 Å². The molecule has 1 saturated carbocycles. The number of alkyl halides is 1. The molecule has 0 N–H and O–H groups in total. The van der Waals surface area contributed by atoms with Crippen molar-refractivity contribution in [1.82, 2.24) is 0 Å². The minimum absolute atomic E-state index is 0.150. The lowest BCUT2D eigenvalue weighted by Gasteiger charge is -2.40. The molecule has 0 aliphatic heterocycles. The Bertz CT molecular complexity index is 343. The third-order valence-corrected chi connectivity index (χ3v) is 4.12. The van der Waals surface area contributed by atoms with E-state index in [1.165, 1.54) is 0 Å². The SMILES string of the molecule is COC1C(Br)CC1Oc1ccccc1Br. The van der Waals surface area contributed by atoms with Gasteiger partial charge in [0.15, 0.2) is 0 Å². The maximum absolute atomic E-state index is 5.85. The quantitative estimate of drug-likeness (QED) is 0.788. The van der Waals surface area contributed by atoms with Gasteiger partial charge < -0.3 is 9.47 Å². The lowest BCUT2D eigenvalue weighted by molar-refractivity contribution is -0.0547. The molecular formula is C11H12Br2O2. The number of benzene rings is 1. The molecule has 3 unspecified atom stereocenters. The van der Waals surface area contributed by atoms with Crippen molar-refractivity contribution in [3.63, 3.8) is 0 Å². The Morgan fingerprint density at radius 3 is 2.67 bits per heavy atom. The zero-order valence-electron chi connectivity index (χ0n) is 8.32. The van der Waals surface area contributed by atoms with Crippen molar-refractivity contribution in [2.75, 3.05) is 7.11 Å². The van der Waals surface area contributed by atoms with Gasteiger partial charge in [0.05, 0.1) is 4.47 Å². The van der Waals surface area contributed by atoms with Crippen molar-refractivity contribution >= 4 is 31.9 Å². The van der Waals surface area contributed by atoms with Crippen LogP contribution in [0.5, 0.6) is 5.75 Å². The summed E-state index contributed by atoms with van der Waals surface area (Å²) in [6.07, 6.45) is 1.29. The number of methoxy groups -OCH3 is 1. The van der Waals surface area contributed by atoms with Crippen molar-refractivity contribution in [2.24, 2.45) is 0 Å². The summed E-state index contributed by atoms with van der Waals surface area (Å²) in [4.78, 5) is 0.412. The molecule has 1 aliphatic carbocycles. The van der Waals surface area contributed by atoms with Crippen LogP contribution in [0, 0.1) is 0 Å². The Kier molecular flexibility index (Phi) is 3.69. The molecule has 2 nitrogen and oxygen atoms in total. The van der Waals surface area contributed by atoms with Crippen LogP contribution in [-0.4, -0.2) is 24.1 Å². The average Bonchev–Trinajstić information content (AvgIpc) is 2.20. The molecule has 1 aromatic rings. The van der Waals surface area contributed by atoms with Crippen LogP contribution in [0.15, 0.2) is 28.7 Å². The van der Waals surface area contributed by atoms with Crippen LogP contribution in [0.25, 0.3) is 0 Å². The van der Waals surface area contributed by atoms with Gasteiger partial charge in [0.25, 0.3) is 0 Å². The first-order chi connectivity index (χ1) is 7.22. The maximum atomic E-state index is 5.85. The topological polar surface area (TPSA) is 18.5 Å². The number of ether oxygens (including phenoxy) is 2. The fraction of sp³-hybridized carbons (Fsp3) is 0.455. The summed E-state index contributed by atoms with van der Waals surface area (Å²) in [5.41, 5.74) is 0. The van der Waals surface area contributed by atoms with Gasteiger partial charge in [-0.25, -0.2) is 0 Å². The Labute approximate surface area is 106 Å². The Morgan fingerprint density at radius 1 is 1.33 bits per heavy atom. The molecule has 82 valence electrons. The van der Waals surface area contributed by atoms with Crippen molar-refractivity contribution in [3.8, 4) is 5.75 Å². The number of hydrogen-bond donors (Lipinski definition) is 0. The van der Waals surface area contributed by atoms with Gasteiger partial charge in [0, 0.05) is 18.4 Å². The van der Waals surface area contributed by atoms with E-state index in [4.69, 9.17) is 9.47 Å². The highest BCUT2D eigenvalue weighted by Gasteiger charge is 2.41. The fourth-order valence-electron chi connectivity index (χ4n) is 1.65. The van der Waals surface area contributed by atoms with Gasteiger partial charge in [-0.1, -0.05) is 28.1 Å². The molecule has 0 amide bonds. The molecular weight excluding hydrogens is 324 g/mol. The number of halogens is 2. The minimum atomic E-state index is 0.150. The first kappa shape index (κ1) is 11.4. The maximum Gasteiger partial charge on any atom is 0.134 e. The third-order valence-electron chi connectivity index (χ3n) is 2.57. The van der Waals surface area contributed by atoms with E-state index in [1.54, 1.807) is 7.11 Å². The summed E-state index contributed by atoms with van der Waals surface area (Å²) in [7, 11) is 1.72. The van der Waals surface area contributed by atoms with Crippen molar-refractivity contribution < 1.29 is 9.47 Å². The van der Waals surface area contributed by atoms with Gasteiger partial charge >= 0.3 is 0 Å². The van der Waals surface area contributed by atoms with Crippen LogP contribution in [0.2, 0.25) is 0 Å². The van der Waals surface area contributed by atoms with Gasteiger partial charge in [0.1, 0.15) is 18.0 Å². The lowest BCUT2D eigenvalue weighted by atomic mass is 9.91. The van der Waals surface area contributed by atoms with E-state index in [0.29, 0.717) is 4.83 Å². The van der Waals surface area contributed by atoms with E-state index in [9.17, 15) is 0 Å². The van der Waals surface area contributed by atoms with Crippen LogP contribution in [-0.2, 0) is 4.74 Å². The van der Waals surface area contributed by atoms with Crippen molar-refractivity contribution in [3.05, 3.63) is 28.7 Å². The highest BCUT2D eigenvalue weighted by molar-refractivity contribution is 9.10. The molecule has 4 heteroatoms. The molecule has 0 radical (unpaired) electrons. The van der Waals surface area contributed by atoms with Gasteiger partial charge in [-0.2, -0.15) is 0 Å². The summed E-state index contributed by atoms with van der Waals surface area (Å²) in [5, 5.41) is 0. The fourth-order valence-corrected chi connectivity index (χ4v) is 2.95. The standard InChI is InChI=1S/C11H12Br2O2/c1-14-11-8(13)6-10(11)15-9-5-3-2-4-7(9)12/h2-5,8,10-11H,6H2,1H3. The molecule has 0 saturated heterocycles. The van der Waals surface area contributed by atoms with Crippen LogP contribution in [0.4, 0.5) is 0 Å². The summed E-state index contributed by atoms with van der Waals surface area (Å²) >= 11 is 7.00. The summed E-state index contributed by atoms with van der Waals surface area (Å²) in [5.74, 6) is 0.879. The average molecular weight is 336 g/mol. The van der Waals surface area contributed by atoms with Crippen LogP contribution in [0.1, 0.15) is 6.42 Å². The Hall–Kier alpha value is -0.0600. The van der Waals surface area contributed by atoms with E-state index >= 15 is 0 Å². The van der Waals surface area contributed by atoms with E-state index in [1.807, 2.05) is 24.3 Å². The molecule has 1 fully saturated rings. The predicted molar refractivity (Wildman–Crippen MR) is 66.7 cm³/mol. The van der Waals surface area contributed by atoms with Crippen molar-refractivity contribution in [1.29, 1.82) is 0 Å². The molecule has 0 spiro atoms. The minimum Gasteiger partial charge on any atom is -0.486 e. The third kappa shape index (κ3) is 2.37. The first-order valence-electron chi connectivity index (χ1n) is 4.80. The van der Waals surface area contributed by atoms with Gasteiger partial charge in [0.2, 0.25) is 0 Å². The number of para-hydroxylation sites is 1. The predicted octanol–water partition coefficient (Wildman–Crippen LogP) is 3.38. The zero-order chi connectivity index (χ0) is 10.8. The van der Waals surface area contributed by atoms with E-state index in [0.717, 1.165) is 16.6 Å². The highest BCUT2D eigenvalue weighted by Crippen LogP contribution is 2.35. The largest absolute Gasteiger partial charge is 0.486 e. The first-order valence-corrected chi connectivity index (χ1v) is 6.51. The van der Waals surface area contributed by atoms with Crippen LogP contribution >= 0.6 is 31.9 Å². The molecule has 0 bridgehead atoms.